The van der Waals surface area contributed by atoms with Gasteiger partial charge in [-0.3, -0.25) is 0 Å². The molecule has 0 spiro atoms. The van der Waals surface area contributed by atoms with Crippen LogP contribution >= 0.6 is 0 Å². The lowest BCUT2D eigenvalue weighted by atomic mass is 10.0. The molecule has 1 heterocycles. The monoisotopic (exact) mass is 235 g/mol. The summed E-state index contributed by atoms with van der Waals surface area (Å²) in [6, 6.07) is 4.88. The first-order chi connectivity index (χ1) is 8.28. The highest BCUT2D eigenvalue weighted by molar-refractivity contribution is 5.06. The third-order valence-electron chi connectivity index (χ3n) is 3.89. The van der Waals surface area contributed by atoms with Crippen LogP contribution in [0.3, 0.4) is 0 Å². The molecule has 1 N–H and O–H groups in total. The zero-order chi connectivity index (χ0) is 12.1. The highest BCUT2D eigenvalue weighted by Gasteiger charge is 2.15. The Morgan fingerprint density at radius 1 is 1.18 bits per heavy atom. The van der Waals surface area contributed by atoms with Gasteiger partial charge in [-0.05, 0) is 37.3 Å². The summed E-state index contributed by atoms with van der Waals surface area (Å²) >= 11 is 0. The number of furan rings is 1. The molecule has 0 aliphatic heterocycles. The smallest absolute Gasteiger partial charge is 0.117 e. The fourth-order valence-corrected chi connectivity index (χ4v) is 2.64. The molecule has 1 aliphatic carbocycles. The van der Waals surface area contributed by atoms with Crippen LogP contribution < -0.4 is 5.32 Å². The van der Waals surface area contributed by atoms with Crippen molar-refractivity contribution < 1.29 is 4.42 Å². The van der Waals surface area contributed by atoms with Gasteiger partial charge in [0.15, 0.2) is 0 Å². The summed E-state index contributed by atoms with van der Waals surface area (Å²) in [5.74, 6) is 3.09. The molecule has 1 aliphatic rings. The Morgan fingerprint density at radius 3 is 2.76 bits per heavy atom. The molecule has 2 atom stereocenters. The highest BCUT2D eigenvalue weighted by atomic mass is 16.3. The molecule has 17 heavy (non-hydrogen) atoms. The molecule has 0 amide bonds. The lowest BCUT2D eigenvalue weighted by molar-refractivity contribution is 0.401. The highest BCUT2D eigenvalue weighted by Crippen LogP contribution is 2.22. The lowest BCUT2D eigenvalue weighted by Crippen LogP contribution is -2.27. The Kier molecular flexibility index (Phi) is 4.66. The van der Waals surface area contributed by atoms with Crippen molar-refractivity contribution in [3.8, 4) is 0 Å². The van der Waals surface area contributed by atoms with E-state index in [1.165, 1.54) is 32.1 Å². The molecule has 2 heteroatoms. The topological polar surface area (TPSA) is 25.2 Å². The Bertz CT molecular complexity index is 331. The Morgan fingerprint density at radius 2 is 2.00 bits per heavy atom. The SMILES string of the molecule is CCc1ccc(CNC2CCCC(C)CC2)o1. The third-order valence-corrected chi connectivity index (χ3v) is 3.89. The van der Waals surface area contributed by atoms with Gasteiger partial charge in [-0.1, -0.05) is 26.7 Å². The van der Waals surface area contributed by atoms with Crippen molar-refractivity contribution in [3.63, 3.8) is 0 Å². The predicted molar refractivity (Wildman–Crippen MR) is 71.0 cm³/mol. The molecular weight excluding hydrogens is 210 g/mol. The van der Waals surface area contributed by atoms with E-state index in [1.807, 2.05) is 0 Å². The van der Waals surface area contributed by atoms with Crippen LogP contribution in [0, 0.1) is 5.92 Å². The minimum absolute atomic E-state index is 0.690. The molecule has 1 aromatic heterocycles. The average molecular weight is 235 g/mol. The van der Waals surface area contributed by atoms with E-state index in [0.717, 1.165) is 30.4 Å². The van der Waals surface area contributed by atoms with Crippen LogP contribution in [0.25, 0.3) is 0 Å². The molecule has 1 aromatic rings. The van der Waals surface area contributed by atoms with E-state index in [0.29, 0.717) is 6.04 Å². The molecule has 2 unspecified atom stereocenters. The molecule has 1 fully saturated rings. The molecule has 0 bridgehead atoms. The maximum atomic E-state index is 5.71. The first-order valence-corrected chi connectivity index (χ1v) is 7.09. The Labute approximate surface area is 105 Å². The first-order valence-electron chi connectivity index (χ1n) is 7.09. The summed E-state index contributed by atoms with van der Waals surface area (Å²) in [5.41, 5.74) is 0. The molecule has 2 rings (SSSR count). The quantitative estimate of drug-likeness (QED) is 0.801. The van der Waals surface area contributed by atoms with Gasteiger partial charge in [-0.15, -0.1) is 0 Å². The van der Waals surface area contributed by atoms with E-state index in [1.54, 1.807) is 0 Å². The average Bonchev–Trinajstić information content (AvgIpc) is 2.70. The van der Waals surface area contributed by atoms with Crippen LogP contribution in [0.15, 0.2) is 16.5 Å². The van der Waals surface area contributed by atoms with Gasteiger partial charge in [0.25, 0.3) is 0 Å². The van der Waals surface area contributed by atoms with E-state index in [9.17, 15) is 0 Å². The van der Waals surface area contributed by atoms with Crippen LogP contribution in [0.2, 0.25) is 0 Å². The van der Waals surface area contributed by atoms with Crippen molar-refractivity contribution in [1.82, 2.24) is 5.32 Å². The number of hydrogen-bond acceptors (Lipinski definition) is 2. The molecule has 0 radical (unpaired) electrons. The lowest BCUT2D eigenvalue weighted by Gasteiger charge is -2.15. The number of hydrogen-bond donors (Lipinski definition) is 1. The second-order valence-corrected chi connectivity index (χ2v) is 5.41. The number of rotatable bonds is 4. The predicted octanol–water partition coefficient (Wildman–Crippen LogP) is 3.90. The van der Waals surface area contributed by atoms with Crippen LogP contribution in [0.5, 0.6) is 0 Å². The van der Waals surface area contributed by atoms with Crippen molar-refractivity contribution in [2.45, 2.75) is 65.0 Å². The maximum Gasteiger partial charge on any atom is 0.117 e. The third kappa shape index (κ3) is 3.88. The van der Waals surface area contributed by atoms with Crippen LogP contribution in [-0.2, 0) is 13.0 Å². The minimum Gasteiger partial charge on any atom is -0.465 e. The van der Waals surface area contributed by atoms with Crippen LogP contribution in [0.1, 0.15) is 57.5 Å². The van der Waals surface area contributed by atoms with Crippen molar-refractivity contribution in [3.05, 3.63) is 23.7 Å². The van der Waals surface area contributed by atoms with Crippen molar-refractivity contribution >= 4 is 0 Å². The fraction of sp³-hybridized carbons (Fsp3) is 0.733. The van der Waals surface area contributed by atoms with Crippen molar-refractivity contribution in [1.29, 1.82) is 0 Å². The first kappa shape index (κ1) is 12.7. The van der Waals surface area contributed by atoms with Gasteiger partial charge in [0.2, 0.25) is 0 Å². The molecule has 0 saturated heterocycles. The van der Waals surface area contributed by atoms with Gasteiger partial charge in [-0.25, -0.2) is 0 Å². The molecule has 0 aromatic carbocycles. The summed E-state index contributed by atoms with van der Waals surface area (Å²) in [5, 5.41) is 3.64. The van der Waals surface area contributed by atoms with Gasteiger partial charge in [0, 0.05) is 12.5 Å². The second kappa shape index (κ2) is 6.25. The van der Waals surface area contributed by atoms with E-state index >= 15 is 0 Å². The zero-order valence-corrected chi connectivity index (χ0v) is 11.2. The van der Waals surface area contributed by atoms with E-state index < -0.39 is 0 Å². The van der Waals surface area contributed by atoms with E-state index in [4.69, 9.17) is 4.42 Å². The summed E-state index contributed by atoms with van der Waals surface area (Å²) in [4.78, 5) is 0. The molecule has 1 saturated carbocycles. The number of nitrogens with one attached hydrogen (secondary N) is 1. The van der Waals surface area contributed by atoms with Gasteiger partial charge >= 0.3 is 0 Å². The summed E-state index contributed by atoms with van der Waals surface area (Å²) in [6.45, 7) is 5.39. The largest absolute Gasteiger partial charge is 0.465 e. The van der Waals surface area contributed by atoms with Gasteiger partial charge in [0.1, 0.15) is 11.5 Å². The number of aryl methyl sites for hydroxylation is 1. The van der Waals surface area contributed by atoms with Crippen LogP contribution in [0.4, 0.5) is 0 Å². The van der Waals surface area contributed by atoms with E-state index in [-0.39, 0.29) is 0 Å². The summed E-state index contributed by atoms with van der Waals surface area (Å²) in [7, 11) is 0. The van der Waals surface area contributed by atoms with Gasteiger partial charge in [0.05, 0.1) is 6.54 Å². The fourth-order valence-electron chi connectivity index (χ4n) is 2.64. The molecular formula is C15H25NO. The van der Waals surface area contributed by atoms with E-state index in [2.05, 4.69) is 31.3 Å². The Balaban J connectivity index is 1.77. The van der Waals surface area contributed by atoms with Gasteiger partial charge < -0.3 is 9.73 Å². The summed E-state index contributed by atoms with van der Waals surface area (Å²) in [6.07, 6.45) is 7.78. The van der Waals surface area contributed by atoms with Crippen molar-refractivity contribution in [2.75, 3.05) is 0 Å². The zero-order valence-electron chi connectivity index (χ0n) is 11.2. The summed E-state index contributed by atoms with van der Waals surface area (Å²) < 4.78 is 5.71. The standard InChI is InChI=1S/C15H25NO/c1-3-14-9-10-15(17-14)11-16-13-6-4-5-12(2)7-8-13/h9-10,12-13,16H,3-8,11H2,1-2H3. The molecule has 2 nitrogen and oxygen atoms in total. The Hall–Kier alpha value is -0.760. The minimum atomic E-state index is 0.690. The maximum absolute atomic E-state index is 5.71. The van der Waals surface area contributed by atoms with Crippen molar-refractivity contribution in [2.24, 2.45) is 5.92 Å². The van der Waals surface area contributed by atoms with Gasteiger partial charge in [-0.2, -0.15) is 0 Å². The second-order valence-electron chi connectivity index (χ2n) is 5.41. The van der Waals surface area contributed by atoms with Crippen LogP contribution in [-0.4, -0.2) is 6.04 Å². The molecule has 96 valence electrons. The normalized spacial score (nSPS) is 25.8.